The molecule has 3 nitrogen and oxygen atoms in total. The van der Waals surface area contributed by atoms with Crippen molar-refractivity contribution in [2.45, 2.75) is 6.18 Å². The van der Waals surface area contributed by atoms with Crippen LogP contribution in [0.3, 0.4) is 0 Å². The van der Waals surface area contributed by atoms with Crippen molar-refractivity contribution in [1.82, 2.24) is 4.57 Å². The molecule has 1 heterocycles. The third kappa shape index (κ3) is 2.57. The molecule has 0 N–H and O–H groups in total. The third-order valence-corrected chi connectivity index (χ3v) is 2.56. The van der Waals surface area contributed by atoms with Crippen LogP contribution in [0.1, 0.15) is 16.1 Å². The van der Waals surface area contributed by atoms with E-state index in [0.29, 0.717) is 0 Å². The molecule has 0 bridgehead atoms. The quantitative estimate of drug-likeness (QED) is 0.487. The first-order valence-corrected chi connectivity index (χ1v) is 5.28. The molecule has 0 fully saturated rings. The molecule has 19 heavy (non-hydrogen) atoms. The van der Waals surface area contributed by atoms with E-state index in [1.54, 1.807) is 0 Å². The lowest BCUT2D eigenvalue weighted by molar-refractivity contribution is -0.137. The number of nitrogens with zero attached hydrogens (tertiary/aromatic N) is 1. The number of hydrogen-bond donors (Lipinski definition) is 0. The molecule has 0 spiro atoms. The van der Waals surface area contributed by atoms with E-state index >= 15 is 0 Å². The van der Waals surface area contributed by atoms with E-state index < -0.39 is 17.5 Å². The molecule has 0 aliphatic rings. The van der Waals surface area contributed by atoms with Crippen molar-refractivity contribution in [3.05, 3.63) is 53.9 Å². The number of ketones is 1. The van der Waals surface area contributed by atoms with E-state index in [4.69, 9.17) is 0 Å². The number of halogens is 3. The van der Waals surface area contributed by atoms with E-state index in [9.17, 15) is 22.8 Å². The third-order valence-electron chi connectivity index (χ3n) is 2.56. The van der Waals surface area contributed by atoms with Gasteiger partial charge in [0.1, 0.15) is 0 Å². The lowest BCUT2D eigenvalue weighted by Crippen LogP contribution is -2.10. The first-order valence-electron chi connectivity index (χ1n) is 5.28. The van der Waals surface area contributed by atoms with Crippen molar-refractivity contribution < 1.29 is 22.8 Å². The maximum atomic E-state index is 12.6. The first kappa shape index (κ1) is 13.1. The van der Waals surface area contributed by atoms with E-state index in [1.165, 1.54) is 35.0 Å². The van der Waals surface area contributed by atoms with Gasteiger partial charge in [-0.1, -0.05) is 6.07 Å². The Labute approximate surface area is 106 Å². The second kappa shape index (κ2) is 4.72. The van der Waals surface area contributed by atoms with E-state index in [-0.39, 0.29) is 17.7 Å². The molecule has 2 rings (SSSR count). The Bertz CT molecular complexity index is 629. The van der Waals surface area contributed by atoms with Crippen LogP contribution in [0.25, 0.3) is 5.69 Å². The Morgan fingerprint density at radius 1 is 1.16 bits per heavy atom. The Kier molecular flexibility index (Phi) is 3.25. The number of alkyl halides is 3. The zero-order valence-corrected chi connectivity index (χ0v) is 9.52. The minimum atomic E-state index is -4.46. The van der Waals surface area contributed by atoms with Crippen molar-refractivity contribution in [1.29, 1.82) is 0 Å². The molecule has 1 aromatic heterocycles. The summed E-state index contributed by atoms with van der Waals surface area (Å²) in [5.74, 6) is -0.789. The van der Waals surface area contributed by atoms with Gasteiger partial charge < -0.3 is 4.57 Å². The zero-order valence-electron chi connectivity index (χ0n) is 9.52. The van der Waals surface area contributed by atoms with Crippen LogP contribution in [-0.2, 0) is 11.0 Å². The topological polar surface area (TPSA) is 39.1 Å². The van der Waals surface area contributed by atoms with Crippen LogP contribution in [-0.4, -0.2) is 16.6 Å². The lowest BCUT2D eigenvalue weighted by atomic mass is 10.2. The van der Waals surface area contributed by atoms with Gasteiger partial charge in [0.2, 0.25) is 5.78 Å². The highest BCUT2D eigenvalue weighted by atomic mass is 19.4. The highest BCUT2D eigenvalue weighted by molar-refractivity contribution is 6.32. The summed E-state index contributed by atoms with van der Waals surface area (Å²) in [6, 6.07) is 7.38. The number of rotatable bonds is 3. The predicted molar refractivity (Wildman–Crippen MR) is 61.2 cm³/mol. The van der Waals surface area contributed by atoms with Gasteiger partial charge in [-0.05, 0) is 30.3 Å². The Morgan fingerprint density at radius 3 is 2.53 bits per heavy atom. The highest BCUT2D eigenvalue weighted by Gasteiger charge is 2.30. The summed E-state index contributed by atoms with van der Waals surface area (Å²) in [5, 5.41) is 0. The number of carbonyl (C=O) groups excluding carboxylic acids is 2. The van der Waals surface area contributed by atoms with Gasteiger partial charge in [0.25, 0.3) is 0 Å². The van der Waals surface area contributed by atoms with Crippen LogP contribution in [0.4, 0.5) is 13.2 Å². The van der Waals surface area contributed by atoms with Crippen LogP contribution >= 0.6 is 0 Å². The van der Waals surface area contributed by atoms with Crippen molar-refractivity contribution in [3.8, 4) is 5.69 Å². The first-order chi connectivity index (χ1) is 8.93. The smallest absolute Gasteiger partial charge is 0.314 e. The fraction of sp³-hybridized carbons (Fsp3) is 0.0769. The number of aromatic nitrogens is 1. The van der Waals surface area contributed by atoms with Gasteiger partial charge >= 0.3 is 6.18 Å². The number of Topliss-reactive ketones (excluding diaryl/α,β-unsaturated/α-hetero) is 1. The summed E-state index contributed by atoms with van der Waals surface area (Å²) >= 11 is 0. The molecule has 0 saturated carbocycles. The fourth-order valence-electron chi connectivity index (χ4n) is 1.70. The Morgan fingerprint density at radius 2 is 1.89 bits per heavy atom. The lowest BCUT2D eigenvalue weighted by Gasteiger charge is -2.11. The number of aldehydes is 1. The van der Waals surface area contributed by atoms with Gasteiger partial charge in [-0.25, -0.2) is 0 Å². The van der Waals surface area contributed by atoms with E-state index in [1.807, 2.05) is 0 Å². The van der Waals surface area contributed by atoms with Crippen molar-refractivity contribution in [2.75, 3.05) is 0 Å². The molecule has 2 aromatic rings. The SMILES string of the molecule is O=CC(=O)c1cccn1-c1cccc(C(F)(F)F)c1. The monoisotopic (exact) mass is 267 g/mol. The summed E-state index contributed by atoms with van der Waals surface area (Å²) in [7, 11) is 0. The number of carbonyl (C=O) groups is 2. The summed E-state index contributed by atoms with van der Waals surface area (Å²) < 4.78 is 39.0. The van der Waals surface area contributed by atoms with Crippen LogP contribution in [0.2, 0.25) is 0 Å². The molecule has 0 radical (unpaired) electrons. The second-order valence-corrected chi connectivity index (χ2v) is 3.79. The molecular weight excluding hydrogens is 259 g/mol. The second-order valence-electron chi connectivity index (χ2n) is 3.79. The van der Waals surface area contributed by atoms with Gasteiger partial charge in [-0.3, -0.25) is 9.59 Å². The molecule has 0 aliphatic heterocycles. The summed E-state index contributed by atoms with van der Waals surface area (Å²) in [6.45, 7) is 0. The number of hydrogen-bond acceptors (Lipinski definition) is 2. The molecule has 0 atom stereocenters. The zero-order chi connectivity index (χ0) is 14.0. The maximum absolute atomic E-state index is 12.6. The van der Waals surface area contributed by atoms with Crippen LogP contribution in [0.15, 0.2) is 42.6 Å². The molecule has 0 aliphatic carbocycles. The minimum absolute atomic E-state index is 0.0225. The number of benzene rings is 1. The van der Waals surface area contributed by atoms with Crippen molar-refractivity contribution in [3.63, 3.8) is 0 Å². The fourth-order valence-corrected chi connectivity index (χ4v) is 1.70. The molecule has 98 valence electrons. The van der Waals surface area contributed by atoms with Crippen molar-refractivity contribution in [2.24, 2.45) is 0 Å². The summed E-state index contributed by atoms with van der Waals surface area (Å²) in [5.41, 5.74) is -0.623. The summed E-state index contributed by atoms with van der Waals surface area (Å²) in [6.07, 6.45) is -2.91. The molecular formula is C13H8F3NO2. The van der Waals surface area contributed by atoms with Crippen LogP contribution in [0.5, 0.6) is 0 Å². The molecule has 0 saturated heterocycles. The maximum Gasteiger partial charge on any atom is 0.416 e. The van der Waals surface area contributed by atoms with Crippen molar-refractivity contribution >= 4 is 12.1 Å². The Hall–Kier alpha value is -2.37. The van der Waals surface area contributed by atoms with Gasteiger partial charge in [0, 0.05) is 11.9 Å². The van der Waals surface area contributed by atoms with Gasteiger partial charge in [-0.15, -0.1) is 0 Å². The average Bonchev–Trinajstić information content (AvgIpc) is 2.86. The van der Waals surface area contributed by atoms with Gasteiger partial charge in [0.05, 0.1) is 11.3 Å². The average molecular weight is 267 g/mol. The van der Waals surface area contributed by atoms with Crippen LogP contribution in [0, 0.1) is 0 Å². The summed E-state index contributed by atoms with van der Waals surface area (Å²) in [4.78, 5) is 21.8. The Balaban J connectivity index is 2.51. The van der Waals surface area contributed by atoms with E-state index in [2.05, 4.69) is 0 Å². The van der Waals surface area contributed by atoms with E-state index in [0.717, 1.165) is 12.1 Å². The molecule has 0 unspecified atom stereocenters. The predicted octanol–water partition coefficient (Wildman–Crippen LogP) is 2.88. The highest BCUT2D eigenvalue weighted by Crippen LogP contribution is 2.30. The van der Waals surface area contributed by atoms with Crippen LogP contribution < -0.4 is 0 Å². The molecule has 0 amide bonds. The normalized spacial score (nSPS) is 11.3. The largest absolute Gasteiger partial charge is 0.416 e. The van der Waals surface area contributed by atoms with Gasteiger partial charge in [-0.2, -0.15) is 13.2 Å². The molecule has 6 heteroatoms. The standard InChI is InChI=1S/C13H8F3NO2/c14-13(15,16)9-3-1-4-10(7-9)17-6-2-5-11(17)12(19)8-18/h1-8H. The minimum Gasteiger partial charge on any atom is -0.314 e. The molecule has 1 aromatic carbocycles. The van der Waals surface area contributed by atoms with Gasteiger partial charge in [0.15, 0.2) is 6.29 Å².